The van der Waals surface area contributed by atoms with Crippen LogP contribution in [-0.4, -0.2) is 27.7 Å². The highest BCUT2D eigenvalue weighted by Crippen LogP contribution is 2.29. The van der Waals surface area contributed by atoms with E-state index in [2.05, 4.69) is 127 Å². The predicted molar refractivity (Wildman–Crippen MR) is 149 cm³/mol. The first-order valence-corrected chi connectivity index (χ1v) is 21.1. The average Bonchev–Trinajstić information content (AvgIpc) is 2.40. The second kappa shape index (κ2) is 14.1. The molecule has 0 aromatic rings. The van der Waals surface area contributed by atoms with Gasteiger partial charge in [0.25, 0.3) is 0 Å². The van der Waals surface area contributed by atoms with Crippen LogP contribution < -0.4 is 0 Å². The highest BCUT2D eigenvalue weighted by Gasteiger charge is 2.13. The molecule has 0 spiro atoms. The number of halogens is 4. The average molecular weight is 686 g/mol. The zero-order chi connectivity index (χ0) is 20.4. The van der Waals surface area contributed by atoms with E-state index in [-0.39, 0.29) is 0 Å². The molecule has 0 fully saturated rings. The minimum absolute atomic E-state index is 0.982. The van der Waals surface area contributed by atoms with E-state index in [9.17, 15) is 0 Å². The molecule has 0 aliphatic heterocycles. The Morgan fingerprint density at radius 1 is 0.654 bits per heavy atom. The van der Waals surface area contributed by atoms with Gasteiger partial charge < -0.3 is 0 Å². The zero-order valence-corrected chi connectivity index (χ0v) is 26.4. The van der Waals surface area contributed by atoms with E-state index < -0.39 is 16.1 Å². The van der Waals surface area contributed by atoms with Gasteiger partial charge in [-0.15, -0.1) is 23.5 Å². The van der Waals surface area contributed by atoms with Gasteiger partial charge in [-0.1, -0.05) is 39.3 Å². The maximum absolute atomic E-state index is 3.50. The molecule has 0 radical (unpaired) electrons. The molecule has 0 nitrogen and oxygen atoms in total. The van der Waals surface area contributed by atoms with Crippen molar-refractivity contribution in [2.24, 2.45) is 0 Å². The third-order valence-electron chi connectivity index (χ3n) is 3.16. The van der Waals surface area contributed by atoms with Crippen LogP contribution in [0.25, 0.3) is 0 Å². The van der Waals surface area contributed by atoms with Crippen LogP contribution >= 0.6 is 87.2 Å². The molecule has 0 saturated carbocycles. The van der Waals surface area contributed by atoms with E-state index in [1.54, 1.807) is 0 Å². The summed E-state index contributed by atoms with van der Waals surface area (Å²) < 4.78 is 1.96. The maximum Gasteiger partial charge on any atom is 0.0615 e. The van der Waals surface area contributed by atoms with E-state index in [0.717, 1.165) is 6.78 Å². The van der Waals surface area contributed by atoms with Crippen LogP contribution in [-0.2, 0) is 0 Å². The molecule has 150 valence electrons. The standard InChI is InChI=1S/C18H30Br4S2Si2/c1-25(2,3)11-9-23-15(13-17(19)20)7-8-16(14-18(21)22)24-10-12-26(4,5)6/h7-8,13-14H,9-12H2,1-6H3/b15-7+,16-8+. The van der Waals surface area contributed by atoms with Gasteiger partial charge in [0, 0.05) is 26.0 Å². The van der Waals surface area contributed by atoms with E-state index in [1.807, 2.05) is 23.5 Å². The third kappa shape index (κ3) is 19.3. The normalized spacial score (nSPS) is 13.6. The molecule has 0 N–H and O–H groups in total. The number of allylic oxidation sites excluding steroid dienone is 4. The first-order chi connectivity index (χ1) is 11.8. The van der Waals surface area contributed by atoms with Crippen LogP contribution in [0.2, 0.25) is 51.4 Å². The van der Waals surface area contributed by atoms with Crippen molar-refractivity contribution in [3.05, 3.63) is 40.9 Å². The van der Waals surface area contributed by atoms with Gasteiger partial charge in [-0.05, 0) is 112 Å². The smallest absolute Gasteiger partial charge is 0.0615 e. The summed E-state index contributed by atoms with van der Waals surface area (Å²) in [5.74, 6) is 2.35. The number of hydrogen-bond donors (Lipinski definition) is 0. The molecule has 0 aliphatic rings. The summed E-state index contributed by atoms with van der Waals surface area (Å²) in [6, 6.07) is 2.66. The van der Waals surface area contributed by atoms with Gasteiger partial charge in [-0.3, -0.25) is 0 Å². The van der Waals surface area contributed by atoms with Gasteiger partial charge in [0.1, 0.15) is 0 Å². The molecule has 0 rings (SSSR count). The van der Waals surface area contributed by atoms with Crippen LogP contribution in [0.15, 0.2) is 40.9 Å². The lowest BCUT2D eigenvalue weighted by molar-refractivity contribution is 1.38. The summed E-state index contributed by atoms with van der Waals surface area (Å²) in [6.45, 7) is 14.6. The molecule has 0 atom stereocenters. The number of hydrogen-bond acceptors (Lipinski definition) is 2. The van der Waals surface area contributed by atoms with Gasteiger partial charge in [0.15, 0.2) is 0 Å². The highest BCUT2D eigenvalue weighted by molar-refractivity contribution is 9.28. The van der Waals surface area contributed by atoms with Crippen molar-refractivity contribution in [3.63, 3.8) is 0 Å². The van der Waals surface area contributed by atoms with Crippen molar-refractivity contribution in [3.8, 4) is 0 Å². The fourth-order valence-corrected chi connectivity index (χ4v) is 10.1. The maximum atomic E-state index is 3.50. The van der Waals surface area contributed by atoms with Crippen LogP contribution in [0.5, 0.6) is 0 Å². The van der Waals surface area contributed by atoms with Crippen molar-refractivity contribution in [2.75, 3.05) is 11.5 Å². The van der Waals surface area contributed by atoms with Crippen molar-refractivity contribution < 1.29 is 0 Å². The Labute approximate surface area is 205 Å². The fraction of sp³-hybridized carbons (Fsp3) is 0.556. The predicted octanol–water partition coefficient (Wildman–Crippen LogP) is 10.2. The molecular weight excluding hydrogens is 656 g/mol. The van der Waals surface area contributed by atoms with Gasteiger partial charge in [0.2, 0.25) is 0 Å². The topological polar surface area (TPSA) is 0 Å². The second-order valence-electron chi connectivity index (χ2n) is 8.32. The van der Waals surface area contributed by atoms with Crippen molar-refractivity contribution >= 4 is 103 Å². The summed E-state index contributed by atoms with van der Waals surface area (Å²) >= 11 is 17.9. The lowest BCUT2D eigenvalue weighted by atomic mass is 10.4. The first kappa shape index (κ1) is 28.0. The zero-order valence-electron chi connectivity index (χ0n) is 16.5. The minimum Gasteiger partial charge on any atom is -0.126 e. The van der Waals surface area contributed by atoms with E-state index in [1.165, 1.54) is 33.4 Å². The molecule has 0 amide bonds. The Morgan fingerprint density at radius 2 is 0.962 bits per heavy atom. The molecular formula is C18H30Br4S2Si2. The van der Waals surface area contributed by atoms with Crippen LogP contribution in [0.4, 0.5) is 0 Å². The van der Waals surface area contributed by atoms with E-state index >= 15 is 0 Å². The van der Waals surface area contributed by atoms with Crippen molar-refractivity contribution in [1.29, 1.82) is 0 Å². The Balaban J connectivity index is 5.19. The monoisotopic (exact) mass is 682 g/mol. The van der Waals surface area contributed by atoms with Crippen LogP contribution in [0.3, 0.4) is 0 Å². The Bertz CT molecular complexity index is 499. The van der Waals surface area contributed by atoms with Gasteiger partial charge >= 0.3 is 0 Å². The Kier molecular flexibility index (Phi) is 15.2. The van der Waals surface area contributed by atoms with Crippen LogP contribution in [0.1, 0.15) is 0 Å². The molecule has 0 aliphatic carbocycles. The lowest BCUT2D eigenvalue weighted by Gasteiger charge is -2.15. The fourth-order valence-electron chi connectivity index (χ4n) is 1.61. The largest absolute Gasteiger partial charge is 0.126 e. The van der Waals surface area contributed by atoms with E-state index in [4.69, 9.17) is 0 Å². The quantitative estimate of drug-likeness (QED) is 0.157. The van der Waals surface area contributed by atoms with Crippen molar-refractivity contribution in [1.82, 2.24) is 0 Å². The SMILES string of the molecule is C[Si](C)(C)CCS/C(C=C(Br)Br)=C/C=C(\C=C(Br)Br)SCC[Si](C)(C)C. The van der Waals surface area contributed by atoms with Gasteiger partial charge in [-0.2, -0.15) is 0 Å². The lowest BCUT2D eigenvalue weighted by Crippen LogP contribution is -2.19. The third-order valence-corrected chi connectivity index (χ3v) is 10.3. The molecule has 0 unspecified atom stereocenters. The van der Waals surface area contributed by atoms with Gasteiger partial charge in [0.05, 0.1) is 6.78 Å². The number of thioether (sulfide) groups is 2. The molecule has 0 aromatic heterocycles. The highest BCUT2D eigenvalue weighted by atomic mass is 79.9. The Hall–Kier alpha value is 2.01. The summed E-state index contributed by atoms with van der Waals surface area (Å²) in [4.78, 5) is 2.55. The summed E-state index contributed by atoms with van der Waals surface area (Å²) in [7, 11) is -1.99. The summed E-state index contributed by atoms with van der Waals surface area (Å²) in [6.07, 6.45) is 8.74. The molecule has 8 heteroatoms. The molecule has 0 aromatic carbocycles. The van der Waals surface area contributed by atoms with E-state index in [0.29, 0.717) is 0 Å². The molecule has 0 saturated heterocycles. The Morgan fingerprint density at radius 3 is 1.19 bits per heavy atom. The first-order valence-electron chi connectivity index (χ1n) is 8.51. The van der Waals surface area contributed by atoms with Crippen LogP contribution in [0, 0.1) is 0 Å². The minimum atomic E-state index is -0.996. The summed E-state index contributed by atoms with van der Waals surface area (Å²) in [5.41, 5.74) is 0. The van der Waals surface area contributed by atoms with Gasteiger partial charge in [-0.25, -0.2) is 0 Å². The molecule has 0 bridgehead atoms. The second-order valence-corrected chi connectivity index (χ2v) is 27.4. The number of rotatable bonds is 11. The van der Waals surface area contributed by atoms with Crippen molar-refractivity contribution in [2.45, 2.75) is 51.4 Å². The molecule has 0 heterocycles. The summed E-state index contributed by atoms with van der Waals surface area (Å²) in [5, 5.41) is 0. The molecule has 26 heavy (non-hydrogen) atoms.